The van der Waals surface area contributed by atoms with Crippen molar-refractivity contribution in [2.24, 2.45) is 0 Å². The Hall–Kier alpha value is -2.44. The summed E-state index contributed by atoms with van der Waals surface area (Å²) in [6.45, 7) is 5.49. The first-order valence-corrected chi connectivity index (χ1v) is 8.75. The number of fused-ring (bicyclic) bond motifs is 3. The van der Waals surface area contributed by atoms with E-state index in [1.165, 1.54) is 0 Å². The highest BCUT2D eigenvalue weighted by atomic mass is 16.5. The average molecular weight is 342 g/mol. The van der Waals surface area contributed by atoms with Gasteiger partial charge in [0.05, 0.1) is 17.8 Å². The van der Waals surface area contributed by atoms with Crippen molar-refractivity contribution in [3.8, 4) is 0 Å². The molecule has 25 heavy (non-hydrogen) atoms. The molecule has 1 amide bonds. The molecule has 2 aromatic rings. The Labute approximate surface area is 145 Å². The SMILES string of the molecule is Cc1nc2c(c(=O)[nH]1)C[C@H]1CC[C@@H](C2)N1C(=O)Cc1c(C)noc1C. The van der Waals surface area contributed by atoms with Crippen LogP contribution in [-0.4, -0.2) is 38.0 Å². The lowest BCUT2D eigenvalue weighted by Gasteiger charge is -2.28. The third-order valence-corrected chi connectivity index (χ3v) is 5.51. The Bertz CT molecular complexity index is 879. The van der Waals surface area contributed by atoms with Crippen LogP contribution in [0.3, 0.4) is 0 Å². The highest BCUT2D eigenvalue weighted by molar-refractivity contribution is 5.80. The number of rotatable bonds is 2. The van der Waals surface area contributed by atoms with E-state index in [-0.39, 0.29) is 23.6 Å². The number of aromatic nitrogens is 3. The summed E-state index contributed by atoms with van der Waals surface area (Å²) in [6, 6.07) is 0.192. The van der Waals surface area contributed by atoms with Crippen molar-refractivity contribution in [3.05, 3.63) is 44.5 Å². The van der Waals surface area contributed by atoms with E-state index in [1.54, 1.807) is 6.92 Å². The number of H-pyrrole nitrogens is 1. The Morgan fingerprint density at radius 3 is 2.64 bits per heavy atom. The molecule has 4 heterocycles. The van der Waals surface area contributed by atoms with E-state index in [0.717, 1.165) is 35.4 Å². The molecule has 2 bridgehead atoms. The van der Waals surface area contributed by atoms with E-state index in [4.69, 9.17) is 4.52 Å². The summed E-state index contributed by atoms with van der Waals surface area (Å²) in [7, 11) is 0. The standard InChI is InChI=1S/C18H22N4O3/c1-9-14(10(2)25-21-9)8-17(23)22-12-4-5-13(22)7-16-15(6-12)18(24)20-11(3)19-16/h12-13H,4-8H2,1-3H3,(H,19,20,24)/t12-,13+/m1/s1. The van der Waals surface area contributed by atoms with Crippen LogP contribution < -0.4 is 5.56 Å². The number of hydrogen-bond donors (Lipinski definition) is 1. The molecule has 2 atom stereocenters. The zero-order chi connectivity index (χ0) is 17.7. The molecule has 2 aliphatic rings. The van der Waals surface area contributed by atoms with Gasteiger partial charge in [-0.1, -0.05) is 5.16 Å². The van der Waals surface area contributed by atoms with Crippen LogP contribution in [-0.2, 0) is 24.1 Å². The maximum Gasteiger partial charge on any atom is 0.254 e. The summed E-state index contributed by atoms with van der Waals surface area (Å²) in [6.07, 6.45) is 3.44. The van der Waals surface area contributed by atoms with Crippen molar-refractivity contribution in [1.29, 1.82) is 0 Å². The fourth-order valence-corrected chi connectivity index (χ4v) is 4.27. The van der Waals surface area contributed by atoms with Crippen LogP contribution in [0.15, 0.2) is 9.32 Å². The molecule has 7 heteroatoms. The lowest BCUT2D eigenvalue weighted by atomic mass is 9.98. The Morgan fingerprint density at radius 2 is 1.96 bits per heavy atom. The monoisotopic (exact) mass is 342 g/mol. The number of hydrogen-bond acceptors (Lipinski definition) is 5. The van der Waals surface area contributed by atoms with Crippen LogP contribution in [0.5, 0.6) is 0 Å². The fourth-order valence-electron chi connectivity index (χ4n) is 4.27. The van der Waals surface area contributed by atoms with Gasteiger partial charge >= 0.3 is 0 Å². The largest absolute Gasteiger partial charge is 0.361 e. The van der Waals surface area contributed by atoms with E-state index < -0.39 is 0 Å². The maximum absolute atomic E-state index is 13.0. The van der Waals surface area contributed by atoms with Crippen molar-refractivity contribution in [2.75, 3.05) is 0 Å². The maximum atomic E-state index is 13.0. The number of amides is 1. The van der Waals surface area contributed by atoms with Crippen molar-refractivity contribution in [3.63, 3.8) is 0 Å². The summed E-state index contributed by atoms with van der Waals surface area (Å²) in [5, 5.41) is 3.94. The van der Waals surface area contributed by atoms with E-state index in [1.807, 2.05) is 18.7 Å². The zero-order valence-electron chi connectivity index (χ0n) is 14.8. The van der Waals surface area contributed by atoms with Gasteiger partial charge in [-0.15, -0.1) is 0 Å². The first-order valence-electron chi connectivity index (χ1n) is 8.75. The van der Waals surface area contributed by atoms with Crippen molar-refractivity contribution < 1.29 is 9.32 Å². The lowest BCUT2D eigenvalue weighted by molar-refractivity contribution is -0.133. The van der Waals surface area contributed by atoms with Gasteiger partial charge in [0.15, 0.2) is 0 Å². The molecule has 1 N–H and O–H groups in total. The quantitative estimate of drug-likeness (QED) is 0.890. The molecule has 2 aromatic heterocycles. The summed E-state index contributed by atoms with van der Waals surface area (Å²) in [5.41, 5.74) is 3.17. The van der Waals surface area contributed by atoms with Gasteiger partial charge in [-0.3, -0.25) is 9.59 Å². The third kappa shape index (κ3) is 2.67. The molecule has 132 valence electrons. The molecule has 1 fully saturated rings. The number of carbonyl (C=O) groups excluding carboxylic acids is 1. The van der Waals surface area contributed by atoms with Crippen LogP contribution in [0.4, 0.5) is 0 Å². The van der Waals surface area contributed by atoms with Crippen LogP contribution in [0.2, 0.25) is 0 Å². The molecule has 0 radical (unpaired) electrons. The highest BCUT2D eigenvalue weighted by Crippen LogP contribution is 2.33. The number of carbonyl (C=O) groups is 1. The second-order valence-electron chi connectivity index (χ2n) is 7.15. The topological polar surface area (TPSA) is 92.1 Å². The molecular weight excluding hydrogens is 320 g/mol. The van der Waals surface area contributed by atoms with Gasteiger partial charge in [-0.05, 0) is 33.6 Å². The van der Waals surface area contributed by atoms with Crippen LogP contribution >= 0.6 is 0 Å². The van der Waals surface area contributed by atoms with Gasteiger partial charge in [-0.2, -0.15) is 0 Å². The van der Waals surface area contributed by atoms with Gasteiger partial charge in [0, 0.05) is 36.1 Å². The highest BCUT2D eigenvalue weighted by Gasteiger charge is 2.41. The van der Waals surface area contributed by atoms with Gasteiger partial charge in [0.2, 0.25) is 5.91 Å². The number of aromatic amines is 1. The molecule has 0 spiro atoms. The molecule has 0 aromatic carbocycles. The van der Waals surface area contributed by atoms with Gasteiger partial charge in [0.25, 0.3) is 5.56 Å². The second-order valence-corrected chi connectivity index (χ2v) is 7.15. The molecule has 0 saturated carbocycles. The third-order valence-electron chi connectivity index (χ3n) is 5.51. The Kier molecular flexibility index (Phi) is 3.74. The minimum atomic E-state index is -0.0619. The van der Waals surface area contributed by atoms with Crippen LogP contribution in [0, 0.1) is 20.8 Å². The predicted molar refractivity (Wildman–Crippen MR) is 90.3 cm³/mol. The van der Waals surface area contributed by atoms with Gasteiger partial charge in [0.1, 0.15) is 11.6 Å². The average Bonchev–Trinajstić information content (AvgIpc) is 3.01. The summed E-state index contributed by atoms with van der Waals surface area (Å²) in [4.78, 5) is 34.7. The van der Waals surface area contributed by atoms with Crippen molar-refractivity contribution >= 4 is 5.91 Å². The first kappa shape index (κ1) is 16.1. The zero-order valence-corrected chi connectivity index (χ0v) is 14.8. The van der Waals surface area contributed by atoms with Gasteiger partial charge < -0.3 is 14.4 Å². The predicted octanol–water partition coefficient (Wildman–Crippen LogP) is 1.38. The van der Waals surface area contributed by atoms with Crippen LogP contribution in [0.1, 0.15) is 46.9 Å². The first-order chi connectivity index (χ1) is 11.9. The second kappa shape index (κ2) is 5.82. The van der Waals surface area contributed by atoms with E-state index in [2.05, 4.69) is 15.1 Å². The lowest BCUT2D eigenvalue weighted by Crippen LogP contribution is -2.42. The van der Waals surface area contributed by atoms with Crippen molar-refractivity contribution in [1.82, 2.24) is 20.0 Å². The molecule has 4 rings (SSSR count). The molecular formula is C18H22N4O3. The van der Waals surface area contributed by atoms with E-state index in [0.29, 0.717) is 30.8 Å². The van der Waals surface area contributed by atoms with Crippen molar-refractivity contribution in [2.45, 2.75) is 65.0 Å². The number of nitrogens with zero attached hydrogens (tertiary/aromatic N) is 3. The normalized spacial score (nSPS) is 22.0. The Balaban J connectivity index is 1.63. The molecule has 2 aliphatic heterocycles. The summed E-state index contributed by atoms with van der Waals surface area (Å²) < 4.78 is 5.18. The minimum Gasteiger partial charge on any atom is -0.361 e. The molecule has 1 saturated heterocycles. The molecule has 0 unspecified atom stereocenters. The summed E-state index contributed by atoms with van der Waals surface area (Å²) >= 11 is 0. The van der Waals surface area contributed by atoms with Gasteiger partial charge in [-0.25, -0.2) is 4.98 Å². The fraction of sp³-hybridized carbons (Fsp3) is 0.556. The summed E-state index contributed by atoms with van der Waals surface area (Å²) in [5.74, 6) is 1.42. The Morgan fingerprint density at radius 1 is 1.24 bits per heavy atom. The molecule has 0 aliphatic carbocycles. The van der Waals surface area contributed by atoms with E-state index in [9.17, 15) is 9.59 Å². The van der Waals surface area contributed by atoms with E-state index >= 15 is 0 Å². The minimum absolute atomic E-state index is 0.0619. The molecule has 7 nitrogen and oxygen atoms in total. The smallest absolute Gasteiger partial charge is 0.254 e. The number of nitrogens with one attached hydrogen (secondary N) is 1. The van der Waals surface area contributed by atoms with Crippen LogP contribution in [0.25, 0.3) is 0 Å². The number of aryl methyl sites for hydroxylation is 3.